The molecule has 8 atom stereocenters. The molecule has 0 aromatic heterocycles. The van der Waals surface area contributed by atoms with Crippen LogP contribution in [0.2, 0.25) is 0 Å². The Kier molecular flexibility index (Phi) is 6.63. The maximum Gasteiger partial charge on any atom is 0.222 e. The van der Waals surface area contributed by atoms with Crippen LogP contribution in [-0.4, -0.2) is 45.8 Å². The maximum atomic E-state index is 12.9. The summed E-state index contributed by atoms with van der Waals surface area (Å²) in [6.45, 7) is 8.45. The van der Waals surface area contributed by atoms with Crippen LogP contribution in [-0.2, 0) is 4.79 Å². The van der Waals surface area contributed by atoms with Crippen molar-refractivity contribution in [2.24, 2.45) is 40.4 Å². The van der Waals surface area contributed by atoms with Crippen LogP contribution in [0.4, 0.5) is 0 Å². The van der Waals surface area contributed by atoms with E-state index in [1.54, 1.807) is 5.57 Å². The summed E-state index contributed by atoms with van der Waals surface area (Å²) in [6.07, 6.45) is 14.1. The van der Waals surface area contributed by atoms with Crippen molar-refractivity contribution >= 4 is 5.91 Å². The van der Waals surface area contributed by atoms with Gasteiger partial charge in [-0.1, -0.05) is 32.4 Å². The Bertz CT molecular complexity index is 900. The van der Waals surface area contributed by atoms with Crippen LogP contribution in [0.5, 0.6) is 0 Å². The minimum Gasteiger partial charge on any atom is -0.393 e. The lowest BCUT2D eigenvalue weighted by Crippen LogP contribution is -2.50. The molecule has 4 fully saturated rings. The zero-order valence-corrected chi connectivity index (χ0v) is 22.1. The lowest BCUT2D eigenvalue weighted by Gasteiger charge is -2.58. The average molecular weight is 483 g/mol. The summed E-state index contributed by atoms with van der Waals surface area (Å²) >= 11 is 0. The van der Waals surface area contributed by atoms with Crippen LogP contribution < -0.4 is 0 Å². The van der Waals surface area contributed by atoms with Crippen molar-refractivity contribution in [2.45, 2.75) is 110 Å². The van der Waals surface area contributed by atoms with Gasteiger partial charge in [0.25, 0.3) is 0 Å². The molecule has 4 aliphatic carbocycles. The van der Waals surface area contributed by atoms with Crippen LogP contribution in [0, 0.1) is 51.8 Å². The molecule has 0 spiro atoms. The van der Waals surface area contributed by atoms with E-state index in [-0.39, 0.29) is 12.0 Å². The molecule has 3 saturated carbocycles. The lowest BCUT2D eigenvalue weighted by molar-refractivity contribution is -0.134. The van der Waals surface area contributed by atoms with Crippen LogP contribution in [0.3, 0.4) is 0 Å². The standard InChI is InChI=1S/C30H46N2O3/c1-20(4-9-27(34)32-16-14-30(35,19-31)15-17-32)24-7-8-25-23-6-5-21-18-22(33)10-12-28(21,2)26(23)11-13-29(24,25)3/h5,20,22-26,33,35H,4,6-18H2,1-3H3/t20?,22-,23-,24+,25-,26-,28-,29+/m0/s1. The van der Waals surface area contributed by atoms with Gasteiger partial charge in [-0.05, 0) is 98.2 Å². The lowest BCUT2D eigenvalue weighted by atomic mass is 9.47. The monoisotopic (exact) mass is 482 g/mol. The highest BCUT2D eigenvalue weighted by molar-refractivity contribution is 5.76. The van der Waals surface area contributed by atoms with Crippen molar-refractivity contribution < 1.29 is 15.0 Å². The number of nitriles is 1. The summed E-state index contributed by atoms with van der Waals surface area (Å²) < 4.78 is 0. The van der Waals surface area contributed by atoms with Gasteiger partial charge in [-0.25, -0.2) is 0 Å². The van der Waals surface area contributed by atoms with Crippen LogP contribution >= 0.6 is 0 Å². The molecule has 5 nitrogen and oxygen atoms in total. The zero-order valence-electron chi connectivity index (χ0n) is 22.1. The van der Waals surface area contributed by atoms with Gasteiger partial charge in [0.05, 0.1) is 12.2 Å². The van der Waals surface area contributed by atoms with Gasteiger partial charge in [-0.15, -0.1) is 0 Å². The number of carbonyl (C=O) groups is 1. The first-order chi connectivity index (χ1) is 16.6. The van der Waals surface area contributed by atoms with Gasteiger partial charge in [0.2, 0.25) is 5.91 Å². The molecule has 1 amide bonds. The predicted octanol–water partition coefficient (Wildman–Crippen LogP) is 5.22. The number of hydrogen-bond donors (Lipinski definition) is 2. The molecule has 0 bridgehead atoms. The van der Waals surface area contributed by atoms with E-state index in [9.17, 15) is 15.0 Å². The highest BCUT2D eigenvalue weighted by Crippen LogP contribution is 2.67. The summed E-state index contributed by atoms with van der Waals surface area (Å²) in [7, 11) is 0. The molecule has 0 aromatic rings. The van der Waals surface area contributed by atoms with Crippen LogP contribution in [0.1, 0.15) is 97.8 Å². The first-order valence-electron chi connectivity index (χ1n) is 14.4. The number of nitrogens with zero attached hydrogens (tertiary/aromatic N) is 2. The fourth-order valence-electron chi connectivity index (χ4n) is 9.57. The fourth-order valence-corrected chi connectivity index (χ4v) is 9.57. The van der Waals surface area contributed by atoms with Gasteiger partial charge in [0, 0.05) is 32.4 Å². The topological polar surface area (TPSA) is 84.6 Å². The number of rotatable bonds is 4. The average Bonchev–Trinajstić information content (AvgIpc) is 3.20. The second-order valence-corrected chi connectivity index (χ2v) is 13.4. The minimum absolute atomic E-state index is 0.137. The van der Waals surface area contributed by atoms with E-state index in [0.717, 1.165) is 43.4 Å². The Morgan fingerprint density at radius 3 is 2.60 bits per heavy atom. The molecule has 5 aliphatic rings. The molecule has 0 aromatic carbocycles. The summed E-state index contributed by atoms with van der Waals surface area (Å²) in [5.74, 6) is 3.77. The summed E-state index contributed by atoms with van der Waals surface area (Å²) in [5, 5.41) is 29.5. The third-order valence-electron chi connectivity index (χ3n) is 11.8. The van der Waals surface area contributed by atoms with E-state index in [1.165, 1.54) is 32.1 Å². The summed E-state index contributed by atoms with van der Waals surface area (Å²) in [4.78, 5) is 14.8. The van der Waals surface area contributed by atoms with Crippen molar-refractivity contribution in [3.63, 3.8) is 0 Å². The van der Waals surface area contributed by atoms with Crippen molar-refractivity contribution in [3.05, 3.63) is 11.6 Å². The number of likely N-dealkylation sites (tertiary alicyclic amines) is 1. The highest BCUT2D eigenvalue weighted by Gasteiger charge is 2.59. The molecule has 2 N–H and O–H groups in total. The van der Waals surface area contributed by atoms with Crippen molar-refractivity contribution in [1.82, 2.24) is 4.90 Å². The van der Waals surface area contributed by atoms with Crippen LogP contribution in [0.25, 0.3) is 0 Å². The molecule has 0 radical (unpaired) electrons. The molecule has 194 valence electrons. The number of aliphatic hydroxyl groups excluding tert-OH is 1. The molecular formula is C30H46N2O3. The van der Waals surface area contributed by atoms with Gasteiger partial charge in [0.15, 0.2) is 5.60 Å². The minimum atomic E-state index is -1.25. The van der Waals surface area contributed by atoms with Crippen molar-refractivity contribution in [1.29, 1.82) is 5.26 Å². The van der Waals surface area contributed by atoms with Gasteiger partial charge < -0.3 is 15.1 Å². The van der Waals surface area contributed by atoms with Gasteiger partial charge in [-0.3, -0.25) is 4.79 Å². The second-order valence-electron chi connectivity index (χ2n) is 13.4. The number of amides is 1. The number of allylic oxidation sites excluding steroid dienone is 1. The van der Waals surface area contributed by atoms with E-state index in [0.29, 0.717) is 55.0 Å². The predicted molar refractivity (Wildman–Crippen MR) is 136 cm³/mol. The van der Waals surface area contributed by atoms with Crippen molar-refractivity contribution in [2.75, 3.05) is 13.1 Å². The van der Waals surface area contributed by atoms with E-state index >= 15 is 0 Å². The molecule has 35 heavy (non-hydrogen) atoms. The maximum absolute atomic E-state index is 12.9. The first kappa shape index (κ1) is 25.3. The van der Waals surface area contributed by atoms with Crippen LogP contribution in [0.15, 0.2) is 11.6 Å². The number of aliphatic hydroxyl groups is 2. The SMILES string of the molecule is CC(CCC(=O)N1CCC(O)(C#N)CC1)[C@H]1CC[C@H]2[C@@H]3CC=C4C[C@@H](O)CC[C@]4(C)[C@H]3CC[C@]12C. The Morgan fingerprint density at radius 2 is 1.89 bits per heavy atom. The van der Waals surface area contributed by atoms with E-state index in [2.05, 4.69) is 26.8 Å². The molecule has 5 rings (SSSR count). The molecule has 5 heteroatoms. The van der Waals surface area contributed by atoms with Gasteiger partial charge >= 0.3 is 0 Å². The molecule has 1 unspecified atom stereocenters. The molecular weight excluding hydrogens is 436 g/mol. The van der Waals surface area contributed by atoms with Crippen molar-refractivity contribution in [3.8, 4) is 6.07 Å². The van der Waals surface area contributed by atoms with Gasteiger partial charge in [0.1, 0.15) is 0 Å². The largest absolute Gasteiger partial charge is 0.393 e. The number of piperidine rings is 1. The normalized spacial score (nSPS) is 43.3. The quantitative estimate of drug-likeness (QED) is 0.425. The highest BCUT2D eigenvalue weighted by atomic mass is 16.3. The zero-order chi connectivity index (χ0) is 25.0. The van der Waals surface area contributed by atoms with E-state index < -0.39 is 5.60 Å². The van der Waals surface area contributed by atoms with E-state index in [4.69, 9.17) is 5.26 Å². The Hall–Kier alpha value is -1.38. The summed E-state index contributed by atoms with van der Waals surface area (Å²) in [5.41, 5.74) is 0.980. The second kappa shape index (κ2) is 9.18. The molecule has 1 heterocycles. The summed E-state index contributed by atoms with van der Waals surface area (Å²) in [6, 6.07) is 2.00. The fraction of sp³-hybridized carbons (Fsp3) is 0.867. The smallest absolute Gasteiger partial charge is 0.222 e. The Labute approximate surface area is 212 Å². The number of hydrogen-bond acceptors (Lipinski definition) is 4. The molecule has 1 aliphatic heterocycles. The number of carbonyl (C=O) groups excluding carboxylic acids is 1. The van der Waals surface area contributed by atoms with E-state index in [1.807, 2.05) is 11.0 Å². The first-order valence-corrected chi connectivity index (χ1v) is 14.4. The third kappa shape index (κ3) is 4.27. The number of fused-ring (bicyclic) bond motifs is 5. The third-order valence-corrected chi connectivity index (χ3v) is 11.8. The van der Waals surface area contributed by atoms with Gasteiger partial charge in [-0.2, -0.15) is 5.26 Å². The molecule has 1 saturated heterocycles. The Balaban J connectivity index is 1.21. The Morgan fingerprint density at radius 1 is 1.14 bits per heavy atom.